The zero-order valence-electron chi connectivity index (χ0n) is 9.64. The Morgan fingerprint density at radius 1 is 1.27 bits per heavy atom. The third-order valence-corrected chi connectivity index (χ3v) is 4.34. The Balaban J connectivity index is 2.08. The molecule has 2 aliphatic rings. The minimum Gasteiger partial charge on any atom is -0.317 e. The van der Waals surface area contributed by atoms with Crippen molar-refractivity contribution in [1.29, 1.82) is 0 Å². The summed E-state index contributed by atoms with van der Waals surface area (Å²) in [6.07, 6.45) is 5.12. The van der Waals surface area contributed by atoms with E-state index in [0.717, 1.165) is 0 Å². The summed E-state index contributed by atoms with van der Waals surface area (Å²) in [5.41, 5.74) is 4.83. The molecule has 2 heterocycles. The van der Waals surface area contributed by atoms with Crippen LogP contribution in [0, 0.1) is 6.92 Å². The topological polar surface area (TPSA) is 29.9 Å². The van der Waals surface area contributed by atoms with E-state index in [2.05, 4.69) is 29.1 Å². The minimum atomic E-state index is 0.471. The highest BCUT2D eigenvalue weighted by Crippen LogP contribution is 2.46. The second-order valence-corrected chi connectivity index (χ2v) is 5.06. The Labute approximate surface area is 90.9 Å². The second-order valence-electron chi connectivity index (χ2n) is 5.06. The van der Waals surface area contributed by atoms with Gasteiger partial charge in [0.15, 0.2) is 0 Å². The zero-order chi connectivity index (χ0) is 10.5. The van der Waals surface area contributed by atoms with Gasteiger partial charge in [-0.05, 0) is 45.7 Å². The quantitative estimate of drug-likeness (QED) is 0.692. The molecule has 0 amide bonds. The number of piperidine rings is 1. The van der Waals surface area contributed by atoms with Crippen molar-refractivity contribution in [2.45, 2.75) is 38.0 Å². The number of rotatable bonds is 0. The normalized spacial score (nSPS) is 23.3. The van der Waals surface area contributed by atoms with Crippen LogP contribution in [0.2, 0.25) is 0 Å². The highest BCUT2D eigenvalue weighted by Gasteiger charge is 2.42. The first-order valence-corrected chi connectivity index (χ1v) is 5.97. The SMILES string of the molecule is Cc1c2c(nn1C)CCC21CCNCC1. The average molecular weight is 205 g/mol. The molecule has 0 aromatic carbocycles. The lowest BCUT2D eigenvalue weighted by Gasteiger charge is -2.34. The lowest BCUT2D eigenvalue weighted by Crippen LogP contribution is -2.38. The summed E-state index contributed by atoms with van der Waals surface area (Å²) in [6.45, 7) is 4.57. The van der Waals surface area contributed by atoms with Crippen molar-refractivity contribution in [2.24, 2.45) is 7.05 Å². The number of nitrogens with one attached hydrogen (secondary N) is 1. The van der Waals surface area contributed by atoms with Crippen molar-refractivity contribution in [1.82, 2.24) is 15.1 Å². The van der Waals surface area contributed by atoms with Gasteiger partial charge in [0.25, 0.3) is 0 Å². The Morgan fingerprint density at radius 2 is 2.00 bits per heavy atom. The van der Waals surface area contributed by atoms with Crippen LogP contribution in [0.25, 0.3) is 0 Å². The van der Waals surface area contributed by atoms with Gasteiger partial charge in [0, 0.05) is 23.7 Å². The molecule has 0 bridgehead atoms. The Kier molecular flexibility index (Phi) is 1.93. The molecule has 0 radical (unpaired) electrons. The van der Waals surface area contributed by atoms with Gasteiger partial charge in [0.1, 0.15) is 0 Å². The molecule has 1 saturated heterocycles. The molecule has 3 rings (SSSR count). The molecule has 0 saturated carbocycles. The van der Waals surface area contributed by atoms with Crippen molar-refractivity contribution in [2.75, 3.05) is 13.1 Å². The molecule has 15 heavy (non-hydrogen) atoms. The highest BCUT2D eigenvalue weighted by atomic mass is 15.3. The van der Waals surface area contributed by atoms with Gasteiger partial charge in [-0.25, -0.2) is 0 Å². The van der Waals surface area contributed by atoms with Gasteiger partial charge < -0.3 is 5.32 Å². The average Bonchev–Trinajstić information content (AvgIpc) is 2.71. The first-order valence-electron chi connectivity index (χ1n) is 5.97. The molecule has 0 unspecified atom stereocenters. The first-order chi connectivity index (χ1) is 7.23. The number of hydrogen-bond acceptors (Lipinski definition) is 2. The minimum absolute atomic E-state index is 0.471. The van der Waals surface area contributed by atoms with E-state index < -0.39 is 0 Å². The molecular weight excluding hydrogens is 186 g/mol. The summed E-state index contributed by atoms with van der Waals surface area (Å²) in [5.74, 6) is 0. The molecule has 3 heteroatoms. The van der Waals surface area contributed by atoms with Gasteiger partial charge >= 0.3 is 0 Å². The molecule has 1 fully saturated rings. The van der Waals surface area contributed by atoms with Crippen LogP contribution in [-0.4, -0.2) is 22.9 Å². The fraction of sp³-hybridized carbons (Fsp3) is 0.750. The fourth-order valence-corrected chi connectivity index (χ4v) is 3.43. The van der Waals surface area contributed by atoms with E-state index >= 15 is 0 Å². The number of nitrogens with zero attached hydrogens (tertiary/aromatic N) is 2. The summed E-state index contributed by atoms with van der Waals surface area (Å²) >= 11 is 0. The van der Waals surface area contributed by atoms with Gasteiger partial charge in [-0.3, -0.25) is 4.68 Å². The van der Waals surface area contributed by atoms with Crippen molar-refractivity contribution < 1.29 is 0 Å². The number of hydrogen-bond donors (Lipinski definition) is 1. The van der Waals surface area contributed by atoms with Gasteiger partial charge in [-0.2, -0.15) is 5.10 Å². The summed E-state index contributed by atoms with van der Waals surface area (Å²) in [5, 5.41) is 8.10. The summed E-state index contributed by atoms with van der Waals surface area (Å²) in [7, 11) is 2.07. The number of aryl methyl sites for hydroxylation is 2. The van der Waals surface area contributed by atoms with Gasteiger partial charge in [0.2, 0.25) is 0 Å². The zero-order valence-corrected chi connectivity index (χ0v) is 9.64. The number of fused-ring (bicyclic) bond motifs is 2. The van der Waals surface area contributed by atoms with Crippen LogP contribution >= 0.6 is 0 Å². The summed E-state index contributed by atoms with van der Waals surface area (Å²) in [4.78, 5) is 0. The maximum atomic E-state index is 4.64. The highest BCUT2D eigenvalue weighted by molar-refractivity contribution is 5.39. The molecule has 1 N–H and O–H groups in total. The van der Waals surface area contributed by atoms with Crippen LogP contribution in [0.4, 0.5) is 0 Å². The van der Waals surface area contributed by atoms with Crippen molar-refractivity contribution >= 4 is 0 Å². The molecule has 1 aliphatic heterocycles. The molecule has 1 spiro atoms. The maximum absolute atomic E-state index is 4.64. The Hall–Kier alpha value is -0.830. The lowest BCUT2D eigenvalue weighted by atomic mass is 9.74. The molecule has 1 aliphatic carbocycles. The van der Waals surface area contributed by atoms with Gasteiger partial charge in [-0.15, -0.1) is 0 Å². The maximum Gasteiger partial charge on any atom is 0.0665 e. The second kappa shape index (κ2) is 3.08. The van der Waals surface area contributed by atoms with Crippen LogP contribution in [0.3, 0.4) is 0 Å². The van der Waals surface area contributed by atoms with E-state index in [1.807, 2.05) is 0 Å². The van der Waals surface area contributed by atoms with Crippen molar-refractivity contribution in [3.05, 3.63) is 17.0 Å². The van der Waals surface area contributed by atoms with E-state index in [1.165, 1.54) is 50.2 Å². The third kappa shape index (κ3) is 1.19. The van der Waals surface area contributed by atoms with Crippen LogP contribution in [0.15, 0.2) is 0 Å². The first kappa shape index (κ1) is 9.40. The smallest absolute Gasteiger partial charge is 0.0665 e. The Bertz CT molecular complexity index is 386. The third-order valence-electron chi connectivity index (χ3n) is 4.34. The summed E-state index contributed by atoms with van der Waals surface area (Å²) in [6, 6.07) is 0. The molecule has 82 valence electrons. The number of aromatic nitrogens is 2. The molecule has 1 aromatic heterocycles. The Morgan fingerprint density at radius 3 is 2.73 bits per heavy atom. The van der Waals surface area contributed by atoms with Crippen LogP contribution in [0.1, 0.15) is 36.2 Å². The van der Waals surface area contributed by atoms with E-state index in [1.54, 1.807) is 5.56 Å². The van der Waals surface area contributed by atoms with E-state index in [-0.39, 0.29) is 0 Å². The van der Waals surface area contributed by atoms with E-state index in [4.69, 9.17) is 0 Å². The standard InChI is InChI=1S/C12H19N3/c1-9-11-10(14-15(9)2)3-4-12(11)5-7-13-8-6-12/h13H,3-8H2,1-2H3. The lowest BCUT2D eigenvalue weighted by molar-refractivity contribution is 0.304. The van der Waals surface area contributed by atoms with Gasteiger partial charge in [-0.1, -0.05) is 0 Å². The molecule has 3 nitrogen and oxygen atoms in total. The predicted molar refractivity (Wildman–Crippen MR) is 60.0 cm³/mol. The molecule has 1 aromatic rings. The largest absolute Gasteiger partial charge is 0.317 e. The van der Waals surface area contributed by atoms with Gasteiger partial charge in [0.05, 0.1) is 5.69 Å². The molecular formula is C12H19N3. The monoisotopic (exact) mass is 205 g/mol. The van der Waals surface area contributed by atoms with E-state index in [0.29, 0.717) is 5.41 Å². The van der Waals surface area contributed by atoms with Crippen molar-refractivity contribution in [3.8, 4) is 0 Å². The van der Waals surface area contributed by atoms with Crippen LogP contribution in [0.5, 0.6) is 0 Å². The molecule has 0 atom stereocenters. The van der Waals surface area contributed by atoms with Crippen molar-refractivity contribution in [3.63, 3.8) is 0 Å². The fourth-order valence-electron chi connectivity index (χ4n) is 3.43. The van der Waals surface area contributed by atoms with Crippen LogP contribution in [-0.2, 0) is 18.9 Å². The van der Waals surface area contributed by atoms with E-state index in [9.17, 15) is 0 Å². The summed E-state index contributed by atoms with van der Waals surface area (Å²) < 4.78 is 2.06. The predicted octanol–water partition coefficient (Wildman–Crippen LogP) is 1.30. The van der Waals surface area contributed by atoms with Crippen LogP contribution < -0.4 is 5.32 Å².